The molecule has 2 aliphatic heterocycles. The average Bonchev–Trinajstić information content (AvgIpc) is 3.64. The Bertz CT molecular complexity index is 1530. The first-order valence-electron chi connectivity index (χ1n) is 12.6. The van der Waals surface area contributed by atoms with Crippen molar-refractivity contribution in [3.63, 3.8) is 0 Å². The van der Waals surface area contributed by atoms with Gasteiger partial charge in [-0.25, -0.2) is 14.6 Å². The van der Waals surface area contributed by atoms with Crippen LogP contribution in [-0.2, 0) is 12.1 Å². The fraction of sp³-hybridized carbons (Fsp3) is 0.500. The molecule has 1 saturated heterocycles. The number of rotatable bonds is 6. The van der Waals surface area contributed by atoms with Crippen molar-refractivity contribution in [2.75, 3.05) is 24.8 Å². The zero-order chi connectivity index (χ0) is 26.4. The number of aryl methyl sites for hydroxylation is 1. The molecule has 6 rings (SSSR count). The first-order chi connectivity index (χ1) is 18.3. The van der Waals surface area contributed by atoms with E-state index in [-0.39, 0.29) is 17.8 Å². The molecule has 38 heavy (non-hydrogen) atoms. The first kappa shape index (κ1) is 25.2. The molecule has 0 bridgehead atoms. The number of nitrogens with one attached hydrogen (secondary N) is 2. The topological polar surface area (TPSA) is 136 Å². The van der Waals surface area contributed by atoms with E-state index in [4.69, 9.17) is 19.9 Å². The van der Waals surface area contributed by atoms with Gasteiger partial charge < -0.3 is 23.9 Å². The van der Waals surface area contributed by atoms with Crippen molar-refractivity contribution in [1.29, 1.82) is 5.41 Å². The van der Waals surface area contributed by atoms with E-state index in [0.717, 1.165) is 65.6 Å². The molecule has 0 atom stereocenters. The molecule has 0 unspecified atom stereocenters. The van der Waals surface area contributed by atoms with Crippen LogP contribution in [0.15, 0.2) is 33.0 Å². The number of hydrogen-bond donors (Lipinski definition) is 2. The summed E-state index contributed by atoms with van der Waals surface area (Å²) in [6, 6.07) is 3.84. The van der Waals surface area contributed by atoms with Gasteiger partial charge in [0, 0.05) is 29.0 Å². The van der Waals surface area contributed by atoms with E-state index in [0.29, 0.717) is 22.3 Å². The van der Waals surface area contributed by atoms with E-state index in [2.05, 4.69) is 71.7 Å². The fourth-order valence-corrected chi connectivity index (χ4v) is 6.19. The molecule has 0 aliphatic carbocycles. The molecule has 2 N–H and O–H groups in total. The Morgan fingerprint density at radius 2 is 1.95 bits per heavy atom. The first-order valence-corrected chi connectivity index (χ1v) is 14.2. The second kappa shape index (κ2) is 9.88. The standard InChI is InChI=1S/C24H29BrN10O2S/c1-24(2,3)35-23(30-31-32-35)33-7-4-14(5-8-33)6-9-34-12-27-20(26)19-21(34)29-22(28-19)38-18-11-17-16(10-15(18)25)36-13-37-17/h10-12,14,26H,4-9,13H2,1-3H3,(H,28,29). The van der Waals surface area contributed by atoms with Crippen molar-refractivity contribution in [2.24, 2.45) is 5.92 Å². The van der Waals surface area contributed by atoms with Crippen LogP contribution in [0.5, 0.6) is 11.5 Å². The van der Waals surface area contributed by atoms with Gasteiger partial charge in [-0.05, 0) is 84.4 Å². The van der Waals surface area contributed by atoms with E-state index in [1.165, 1.54) is 11.8 Å². The van der Waals surface area contributed by atoms with Gasteiger partial charge in [0.2, 0.25) is 12.7 Å². The molecule has 3 aromatic heterocycles. The van der Waals surface area contributed by atoms with Crippen LogP contribution in [0.3, 0.4) is 0 Å². The summed E-state index contributed by atoms with van der Waals surface area (Å²) >= 11 is 5.08. The van der Waals surface area contributed by atoms with Crippen LogP contribution in [0.1, 0.15) is 40.0 Å². The number of ether oxygens (including phenoxy) is 2. The van der Waals surface area contributed by atoms with Crippen molar-refractivity contribution in [3.05, 3.63) is 28.4 Å². The molecule has 1 aromatic carbocycles. The lowest BCUT2D eigenvalue weighted by Gasteiger charge is -2.34. The maximum atomic E-state index is 8.30. The Morgan fingerprint density at radius 1 is 1.18 bits per heavy atom. The number of hydrogen-bond acceptors (Lipinski definition) is 10. The van der Waals surface area contributed by atoms with Crippen LogP contribution in [0.2, 0.25) is 0 Å². The summed E-state index contributed by atoms with van der Waals surface area (Å²) in [6.45, 7) is 9.21. The quantitative estimate of drug-likeness (QED) is 0.337. The van der Waals surface area contributed by atoms with Gasteiger partial charge in [-0.1, -0.05) is 16.9 Å². The molecular formula is C24H29BrN10O2S. The van der Waals surface area contributed by atoms with Gasteiger partial charge in [0.25, 0.3) is 0 Å². The zero-order valence-electron chi connectivity index (χ0n) is 21.4. The smallest absolute Gasteiger partial charge is 0.246 e. The molecule has 0 radical (unpaired) electrons. The van der Waals surface area contributed by atoms with Crippen LogP contribution >= 0.6 is 27.7 Å². The van der Waals surface area contributed by atoms with Gasteiger partial charge in [0.15, 0.2) is 27.8 Å². The molecule has 2 aliphatic rings. The lowest BCUT2D eigenvalue weighted by Crippen LogP contribution is -2.38. The van der Waals surface area contributed by atoms with E-state index >= 15 is 0 Å². The second-order valence-electron chi connectivity index (χ2n) is 10.5. The molecule has 200 valence electrons. The van der Waals surface area contributed by atoms with Crippen molar-refractivity contribution in [1.82, 2.24) is 39.7 Å². The Balaban J connectivity index is 1.13. The second-order valence-corrected chi connectivity index (χ2v) is 12.4. The van der Waals surface area contributed by atoms with Crippen LogP contribution in [0.25, 0.3) is 11.2 Å². The molecule has 5 heterocycles. The summed E-state index contributed by atoms with van der Waals surface area (Å²) in [4.78, 5) is 15.7. The molecule has 4 aromatic rings. The number of aromatic amines is 1. The summed E-state index contributed by atoms with van der Waals surface area (Å²) in [5, 5.41) is 21.4. The molecule has 1 fully saturated rings. The number of anilines is 1. The number of fused-ring (bicyclic) bond motifs is 2. The number of benzene rings is 1. The number of nitrogens with zero attached hydrogens (tertiary/aromatic N) is 8. The molecular weight excluding hydrogens is 572 g/mol. The lowest BCUT2D eigenvalue weighted by molar-refractivity contribution is 0.174. The number of tetrazole rings is 1. The minimum atomic E-state index is -0.159. The SMILES string of the molecule is CC(C)(C)n1nnnc1N1CCC(CCn2cnc(=N)c3[nH]c(Sc4cc5c(cc4Br)OCO5)nc32)CC1. The number of imidazole rings is 1. The van der Waals surface area contributed by atoms with Gasteiger partial charge in [-0.15, -0.1) is 0 Å². The minimum Gasteiger partial charge on any atom is -0.454 e. The maximum absolute atomic E-state index is 8.30. The highest BCUT2D eigenvalue weighted by atomic mass is 79.9. The summed E-state index contributed by atoms with van der Waals surface area (Å²) in [6.07, 6.45) is 4.89. The maximum Gasteiger partial charge on any atom is 0.246 e. The molecule has 0 spiro atoms. The monoisotopic (exact) mass is 600 g/mol. The summed E-state index contributed by atoms with van der Waals surface area (Å²) in [5.41, 5.74) is 1.40. The predicted molar refractivity (Wildman–Crippen MR) is 144 cm³/mol. The summed E-state index contributed by atoms with van der Waals surface area (Å²) < 4.78 is 15.8. The molecule has 12 nitrogen and oxygen atoms in total. The Morgan fingerprint density at radius 3 is 2.71 bits per heavy atom. The van der Waals surface area contributed by atoms with Gasteiger partial charge in [0.05, 0.1) is 11.9 Å². The van der Waals surface area contributed by atoms with Gasteiger partial charge in [-0.2, -0.15) is 0 Å². The van der Waals surface area contributed by atoms with Crippen molar-refractivity contribution < 1.29 is 9.47 Å². The largest absolute Gasteiger partial charge is 0.454 e. The average molecular weight is 602 g/mol. The predicted octanol–water partition coefficient (Wildman–Crippen LogP) is 3.93. The van der Waals surface area contributed by atoms with Gasteiger partial charge in [-0.3, -0.25) is 5.41 Å². The van der Waals surface area contributed by atoms with E-state index in [1.54, 1.807) is 6.33 Å². The lowest BCUT2D eigenvalue weighted by atomic mass is 9.93. The zero-order valence-corrected chi connectivity index (χ0v) is 23.8. The highest BCUT2D eigenvalue weighted by Crippen LogP contribution is 2.42. The Labute approximate surface area is 231 Å². The number of piperidine rings is 1. The third-order valence-electron chi connectivity index (χ3n) is 6.90. The van der Waals surface area contributed by atoms with Crippen molar-refractivity contribution in [3.8, 4) is 11.5 Å². The minimum absolute atomic E-state index is 0.159. The van der Waals surface area contributed by atoms with Crippen LogP contribution in [0, 0.1) is 11.3 Å². The molecule has 14 heteroatoms. The third kappa shape index (κ3) is 4.86. The number of H-pyrrole nitrogens is 1. The summed E-state index contributed by atoms with van der Waals surface area (Å²) in [5.74, 6) is 2.87. The van der Waals surface area contributed by atoms with Crippen LogP contribution in [-0.4, -0.2) is 59.6 Å². The van der Waals surface area contributed by atoms with E-state index in [9.17, 15) is 0 Å². The van der Waals surface area contributed by atoms with Crippen molar-refractivity contribution in [2.45, 2.75) is 62.2 Å². The van der Waals surface area contributed by atoms with Crippen LogP contribution < -0.4 is 19.9 Å². The molecule has 0 saturated carbocycles. The number of aromatic nitrogens is 8. The van der Waals surface area contributed by atoms with E-state index in [1.807, 2.05) is 16.8 Å². The highest BCUT2D eigenvalue weighted by Gasteiger charge is 2.27. The van der Waals surface area contributed by atoms with Crippen LogP contribution in [0.4, 0.5) is 5.95 Å². The summed E-state index contributed by atoms with van der Waals surface area (Å²) in [7, 11) is 0. The normalized spacial score (nSPS) is 16.1. The molecule has 0 amide bonds. The number of halogens is 1. The van der Waals surface area contributed by atoms with Gasteiger partial charge >= 0.3 is 0 Å². The Hall–Kier alpha value is -3.13. The Kier molecular flexibility index (Phi) is 6.54. The fourth-order valence-electron chi connectivity index (χ4n) is 4.81. The van der Waals surface area contributed by atoms with E-state index < -0.39 is 0 Å². The van der Waals surface area contributed by atoms with Gasteiger partial charge in [0.1, 0.15) is 5.52 Å². The van der Waals surface area contributed by atoms with Crippen molar-refractivity contribution >= 4 is 44.8 Å². The third-order valence-corrected chi connectivity index (χ3v) is 8.76. The highest BCUT2D eigenvalue weighted by molar-refractivity contribution is 9.10.